The topological polar surface area (TPSA) is 269 Å². The zero-order valence-corrected chi connectivity index (χ0v) is 52.4. The third kappa shape index (κ3) is 24.2. The van der Waals surface area contributed by atoms with Gasteiger partial charge in [-0.25, -0.2) is 14.4 Å². The summed E-state index contributed by atoms with van der Waals surface area (Å²) in [4.78, 5) is 121. The number of benzene rings is 6. The number of carbonyl (C=O) groups excluding carboxylic acids is 9. The molecule has 6 rings (SSSR count). The van der Waals surface area contributed by atoms with E-state index in [9.17, 15) is 43.2 Å². The number of ether oxygens (including phenoxy) is 6. The van der Waals surface area contributed by atoms with Crippen LogP contribution in [0.3, 0.4) is 0 Å². The Morgan fingerprint density at radius 3 is 1.03 bits per heavy atom. The first-order valence-corrected chi connectivity index (χ1v) is 30.6. The van der Waals surface area contributed by atoms with E-state index >= 15 is 0 Å². The fourth-order valence-electron chi connectivity index (χ4n) is 9.93. The van der Waals surface area contributed by atoms with Gasteiger partial charge in [-0.15, -0.1) is 0 Å². The van der Waals surface area contributed by atoms with E-state index in [-0.39, 0.29) is 111 Å². The lowest BCUT2D eigenvalue weighted by molar-refractivity contribution is -0.122. The van der Waals surface area contributed by atoms with E-state index in [1.54, 1.807) is 42.5 Å². The monoisotopic (exact) mass is 1250 g/mol. The molecule has 20 nitrogen and oxygen atoms in total. The number of nitrogens with one attached hydrogen (secondary N) is 5. The number of hydrogen-bond acceptors (Lipinski definition) is 15. The third-order valence-corrected chi connectivity index (χ3v) is 15.1. The van der Waals surface area contributed by atoms with Crippen molar-refractivity contribution in [1.82, 2.24) is 26.6 Å². The highest BCUT2D eigenvalue weighted by Gasteiger charge is 2.28. The summed E-state index contributed by atoms with van der Waals surface area (Å²) in [7, 11) is 4.23. The first kappa shape index (κ1) is 70.2. The molecule has 0 unspecified atom stereocenters. The van der Waals surface area contributed by atoms with E-state index in [1.807, 2.05) is 97.9 Å². The molecule has 0 aliphatic heterocycles. The summed E-state index contributed by atoms with van der Waals surface area (Å²) in [6.07, 6.45) is 1.72. The Kier molecular flexibility index (Phi) is 29.2. The number of carbonyl (C=O) groups is 9. The highest BCUT2D eigenvalue weighted by atomic mass is 16.6. The molecule has 0 heterocycles. The van der Waals surface area contributed by atoms with E-state index in [0.717, 1.165) is 16.7 Å². The third-order valence-electron chi connectivity index (χ3n) is 15.1. The van der Waals surface area contributed by atoms with Crippen molar-refractivity contribution >= 4 is 53.2 Å². The van der Waals surface area contributed by atoms with Gasteiger partial charge in [-0.05, 0) is 128 Å². The van der Waals surface area contributed by atoms with Crippen LogP contribution in [0, 0.1) is 5.92 Å². The van der Waals surface area contributed by atoms with Crippen LogP contribution in [0.4, 0.5) is 14.4 Å². The first-order valence-electron chi connectivity index (χ1n) is 30.6. The number of unbranched alkanes of at least 4 members (excludes halogenated alkanes) is 3. The van der Waals surface area contributed by atoms with Gasteiger partial charge in [0, 0.05) is 44.8 Å². The smallest absolute Gasteiger partial charge is 0.407 e. The van der Waals surface area contributed by atoms with Crippen LogP contribution < -0.4 is 40.8 Å². The summed E-state index contributed by atoms with van der Waals surface area (Å²) in [5.41, 5.74) is 4.43. The van der Waals surface area contributed by atoms with Gasteiger partial charge in [0.25, 0.3) is 11.8 Å². The van der Waals surface area contributed by atoms with E-state index in [0.29, 0.717) is 79.5 Å². The largest absolute Gasteiger partial charge is 0.496 e. The average Bonchev–Trinajstić information content (AvgIpc) is 1.19. The standard InChI is InChI=1S/C71H83N5O15/c1-48(21-15-18-36-72-69(83)89-45-50-22-9-6-10-23-50)61(78)42-54-31-34-65(87-4)57(40-54)67(81)76-60(29-17-20-38-74-71(85)91-47-52-26-13-8-14-27-52)63(80)44-55-32-35-66(88-5)58(41-55)68(82)75-59(62(79)43-53-30-33-64(86-3)56(39-53)49(2)77)28-16-19-37-73-70(84)90-46-51-24-11-7-12-25-51/h6-14,22-27,30-35,39-41,48,59-60H,15-21,28-29,36-38,42-47H2,1-5H3,(H,72,83)(H,73,84)(H,74,85)(H,75,82)(H,76,81)/t48-,59-,60-/m0/s1. The van der Waals surface area contributed by atoms with Crippen LogP contribution in [0.15, 0.2) is 146 Å². The highest BCUT2D eigenvalue weighted by Crippen LogP contribution is 2.26. The van der Waals surface area contributed by atoms with Crippen LogP contribution in [0.2, 0.25) is 0 Å². The molecule has 0 radical (unpaired) electrons. The van der Waals surface area contributed by atoms with E-state index in [2.05, 4.69) is 26.6 Å². The van der Waals surface area contributed by atoms with Gasteiger partial charge >= 0.3 is 18.3 Å². The van der Waals surface area contributed by atoms with Crippen molar-refractivity contribution in [1.29, 1.82) is 0 Å². The van der Waals surface area contributed by atoms with Gasteiger partial charge < -0.3 is 55.0 Å². The number of ketones is 4. The SMILES string of the molecule is COc1ccc(CC(=O)[C@H](CCCCNC(=O)OCc2ccccc2)NC(=O)c2cc(CC(=O)[C@H](CCCCNC(=O)OCc3ccccc3)NC(=O)c3cc(CC(=O)[C@@H](C)CCCCNC(=O)OCc4ccccc4)ccc3OC)ccc2OC)cc1C(C)=O. The molecule has 5 N–H and O–H groups in total. The van der Waals surface area contributed by atoms with Crippen molar-refractivity contribution < 1.29 is 71.6 Å². The Hall–Kier alpha value is -9.85. The van der Waals surface area contributed by atoms with Crippen molar-refractivity contribution in [3.8, 4) is 17.2 Å². The Morgan fingerprint density at radius 2 is 0.692 bits per heavy atom. The average molecular weight is 1250 g/mol. The second-order valence-electron chi connectivity index (χ2n) is 22.0. The lowest BCUT2D eigenvalue weighted by atomic mass is 9.93. The molecule has 0 aromatic heterocycles. The van der Waals surface area contributed by atoms with Gasteiger partial charge in [0.2, 0.25) is 0 Å². The number of alkyl carbamates (subject to hydrolysis) is 3. The summed E-state index contributed by atoms with van der Waals surface area (Å²) in [5, 5.41) is 14.0. The minimum Gasteiger partial charge on any atom is -0.496 e. The molecule has 0 spiro atoms. The second-order valence-corrected chi connectivity index (χ2v) is 22.0. The number of rotatable bonds is 38. The first-order chi connectivity index (χ1) is 44.0. The molecule has 6 aromatic rings. The van der Waals surface area contributed by atoms with Gasteiger partial charge in [-0.1, -0.05) is 123 Å². The van der Waals surface area contributed by atoms with Crippen molar-refractivity contribution in [2.24, 2.45) is 5.92 Å². The molecule has 91 heavy (non-hydrogen) atoms. The Bertz CT molecular complexity index is 3380. The van der Waals surface area contributed by atoms with Gasteiger partial charge in [-0.3, -0.25) is 28.8 Å². The zero-order valence-electron chi connectivity index (χ0n) is 52.4. The molecule has 20 heteroatoms. The maximum atomic E-state index is 14.6. The fourth-order valence-corrected chi connectivity index (χ4v) is 9.93. The molecule has 3 atom stereocenters. The van der Waals surface area contributed by atoms with Crippen LogP contribution in [-0.2, 0) is 67.7 Å². The quantitative estimate of drug-likeness (QED) is 0.0137. The summed E-state index contributed by atoms with van der Waals surface area (Å²) >= 11 is 0. The molecule has 0 aliphatic rings. The molecule has 0 saturated carbocycles. The van der Waals surface area contributed by atoms with Crippen molar-refractivity contribution in [3.63, 3.8) is 0 Å². The number of methoxy groups -OCH3 is 3. The van der Waals surface area contributed by atoms with E-state index < -0.39 is 48.0 Å². The molecule has 0 saturated heterocycles. The lowest BCUT2D eigenvalue weighted by Gasteiger charge is -2.21. The van der Waals surface area contributed by atoms with Crippen molar-refractivity contribution in [3.05, 3.63) is 196 Å². The highest BCUT2D eigenvalue weighted by molar-refractivity contribution is 6.02. The fraction of sp³-hybridized carbons (Fsp3) is 0.366. The number of amides is 5. The normalized spacial score (nSPS) is 11.7. The summed E-state index contributed by atoms with van der Waals surface area (Å²) in [6, 6.07) is 40.1. The van der Waals surface area contributed by atoms with E-state index in [4.69, 9.17) is 28.4 Å². The Morgan fingerprint density at radius 1 is 0.374 bits per heavy atom. The van der Waals surface area contributed by atoms with Crippen LogP contribution in [-0.4, -0.2) is 106 Å². The van der Waals surface area contributed by atoms with Crippen LogP contribution in [0.5, 0.6) is 17.2 Å². The molecule has 5 amide bonds. The van der Waals surface area contributed by atoms with E-state index in [1.165, 1.54) is 40.4 Å². The van der Waals surface area contributed by atoms with Gasteiger partial charge in [0.05, 0.1) is 50.1 Å². The lowest BCUT2D eigenvalue weighted by Crippen LogP contribution is -2.42. The molecule has 0 aliphatic carbocycles. The summed E-state index contributed by atoms with van der Waals surface area (Å²) < 4.78 is 32.6. The summed E-state index contributed by atoms with van der Waals surface area (Å²) in [5.74, 6) is -1.97. The van der Waals surface area contributed by atoms with Crippen molar-refractivity contribution in [2.75, 3.05) is 41.0 Å². The predicted octanol–water partition coefficient (Wildman–Crippen LogP) is 10.8. The van der Waals surface area contributed by atoms with Crippen molar-refractivity contribution in [2.45, 2.75) is 123 Å². The van der Waals surface area contributed by atoms with Crippen LogP contribution in [0.25, 0.3) is 0 Å². The zero-order chi connectivity index (χ0) is 65.3. The summed E-state index contributed by atoms with van der Waals surface area (Å²) in [6.45, 7) is 4.40. The molecular weight excluding hydrogens is 1160 g/mol. The van der Waals surface area contributed by atoms with Gasteiger partial charge in [-0.2, -0.15) is 0 Å². The maximum absolute atomic E-state index is 14.6. The van der Waals surface area contributed by atoms with Crippen LogP contribution in [0.1, 0.15) is 136 Å². The molecular formula is C71H83N5O15. The minimum absolute atomic E-state index is 0.0248. The molecule has 482 valence electrons. The van der Waals surface area contributed by atoms with Crippen LogP contribution >= 0.6 is 0 Å². The predicted molar refractivity (Wildman–Crippen MR) is 342 cm³/mol. The molecule has 0 fully saturated rings. The number of hydrogen-bond donors (Lipinski definition) is 5. The van der Waals surface area contributed by atoms with Gasteiger partial charge in [0.1, 0.15) is 42.9 Å². The Balaban J connectivity index is 1.13. The second kappa shape index (κ2) is 37.9. The molecule has 6 aromatic carbocycles. The molecule has 0 bridgehead atoms. The maximum Gasteiger partial charge on any atom is 0.407 e. The number of Topliss-reactive ketones (excluding diaryl/α,β-unsaturated/α-hetero) is 4. The van der Waals surface area contributed by atoms with Gasteiger partial charge in [0.15, 0.2) is 17.3 Å². The Labute approximate surface area is 531 Å². The minimum atomic E-state index is -1.09.